The number of carbonyl (C=O) groups is 3. The zero-order chi connectivity index (χ0) is 26.5. The van der Waals surface area contributed by atoms with Gasteiger partial charge in [-0.3, -0.25) is 14.5 Å². The second kappa shape index (κ2) is 12.0. The van der Waals surface area contributed by atoms with E-state index in [9.17, 15) is 14.4 Å². The first-order valence-electron chi connectivity index (χ1n) is 11.1. The van der Waals surface area contributed by atoms with E-state index in [1.165, 1.54) is 7.11 Å². The monoisotopic (exact) mass is 649 g/mol. The summed E-state index contributed by atoms with van der Waals surface area (Å²) in [4.78, 5) is 39.5. The molecule has 7 nitrogen and oxygen atoms in total. The minimum absolute atomic E-state index is 0.133. The van der Waals surface area contributed by atoms with Gasteiger partial charge < -0.3 is 14.2 Å². The Hall–Kier alpha value is -3.02. The quantitative estimate of drug-likeness (QED) is 0.118. The van der Waals surface area contributed by atoms with E-state index in [0.29, 0.717) is 20.6 Å². The standard InChI is InChI=1S/C27H21ClINO6S/c1-16-6-5-7-18(12-16)35-11-10-30-25(31)23(37-27(30)33)15-17-13-21(29)24(22(14-17)34-2)36-26(32)19-8-3-4-9-20(19)28/h3-9,12-15H,10-11H2,1-2H3/b23-15-. The molecule has 0 aliphatic carbocycles. The minimum atomic E-state index is -0.622. The van der Waals surface area contributed by atoms with Crippen molar-refractivity contribution in [2.45, 2.75) is 6.92 Å². The molecular formula is C27H21ClINO6S. The summed E-state index contributed by atoms with van der Waals surface area (Å²) in [6.45, 7) is 2.28. The Morgan fingerprint density at radius 3 is 2.62 bits per heavy atom. The Bertz CT molecular complexity index is 1410. The molecule has 1 heterocycles. The van der Waals surface area contributed by atoms with Crippen molar-refractivity contribution in [1.29, 1.82) is 0 Å². The summed E-state index contributed by atoms with van der Waals surface area (Å²) in [5.74, 6) is 0.185. The third-order valence-corrected chi connectivity index (χ3v) is 7.32. The average molecular weight is 650 g/mol. The minimum Gasteiger partial charge on any atom is -0.493 e. The predicted molar refractivity (Wildman–Crippen MR) is 151 cm³/mol. The van der Waals surface area contributed by atoms with Gasteiger partial charge in [0.15, 0.2) is 11.5 Å². The Labute approximate surface area is 236 Å². The molecule has 0 unspecified atom stereocenters. The van der Waals surface area contributed by atoms with Crippen molar-refractivity contribution in [2.75, 3.05) is 20.3 Å². The number of methoxy groups -OCH3 is 1. The van der Waals surface area contributed by atoms with Crippen molar-refractivity contribution in [1.82, 2.24) is 4.90 Å². The molecular weight excluding hydrogens is 629 g/mol. The third kappa shape index (κ3) is 6.46. The summed E-state index contributed by atoms with van der Waals surface area (Å²) in [7, 11) is 1.45. The van der Waals surface area contributed by atoms with Crippen molar-refractivity contribution < 1.29 is 28.6 Å². The van der Waals surface area contributed by atoms with Gasteiger partial charge in [0.1, 0.15) is 12.4 Å². The molecule has 2 amide bonds. The van der Waals surface area contributed by atoms with Crippen LogP contribution < -0.4 is 14.2 Å². The highest BCUT2D eigenvalue weighted by Gasteiger charge is 2.35. The van der Waals surface area contributed by atoms with Crippen LogP contribution in [0.1, 0.15) is 21.5 Å². The number of rotatable bonds is 8. The lowest BCUT2D eigenvalue weighted by atomic mass is 10.1. The highest BCUT2D eigenvalue weighted by Crippen LogP contribution is 2.38. The predicted octanol–water partition coefficient (Wildman–Crippen LogP) is 6.60. The van der Waals surface area contributed by atoms with Crippen molar-refractivity contribution in [3.05, 3.63) is 90.9 Å². The van der Waals surface area contributed by atoms with Crippen molar-refractivity contribution in [3.8, 4) is 17.2 Å². The fourth-order valence-electron chi connectivity index (χ4n) is 3.50. The Morgan fingerprint density at radius 2 is 1.89 bits per heavy atom. The molecule has 0 atom stereocenters. The van der Waals surface area contributed by atoms with Gasteiger partial charge in [0, 0.05) is 0 Å². The van der Waals surface area contributed by atoms with Crippen LogP contribution in [-0.2, 0) is 4.79 Å². The molecule has 1 fully saturated rings. The molecule has 1 aliphatic heterocycles. The molecule has 1 aliphatic rings. The van der Waals surface area contributed by atoms with Gasteiger partial charge in [-0.25, -0.2) is 4.79 Å². The number of nitrogens with zero attached hydrogens (tertiary/aromatic N) is 1. The lowest BCUT2D eigenvalue weighted by molar-refractivity contribution is -0.123. The first kappa shape index (κ1) is 27.0. The van der Waals surface area contributed by atoms with Crippen molar-refractivity contribution >= 4 is 69.1 Å². The zero-order valence-electron chi connectivity index (χ0n) is 19.8. The van der Waals surface area contributed by atoms with Crippen LogP contribution in [0.2, 0.25) is 5.02 Å². The fourth-order valence-corrected chi connectivity index (χ4v) is 5.31. The number of carbonyl (C=O) groups excluding carboxylic acids is 3. The van der Waals surface area contributed by atoms with Crippen LogP contribution in [0, 0.1) is 10.5 Å². The largest absolute Gasteiger partial charge is 0.493 e. The molecule has 0 N–H and O–H groups in total. The van der Waals surface area contributed by atoms with Crippen molar-refractivity contribution in [2.24, 2.45) is 0 Å². The second-order valence-electron chi connectivity index (χ2n) is 7.90. The van der Waals surface area contributed by atoms with Crippen LogP contribution >= 0.6 is 46.0 Å². The molecule has 10 heteroatoms. The first-order valence-corrected chi connectivity index (χ1v) is 13.3. The number of benzene rings is 3. The molecule has 0 aromatic heterocycles. The van der Waals surface area contributed by atoms with E-state index in [1.54, 1.807) is 42.5 Å². The molecule has 0 radical (unpaired) electrons. The molecule has 190 valence electrons. The van der Waals surface area contributed by atoms with Gasteiger partial charge in [0.25, 0.3) is 11.1 Å². The number of hydrogen-bond acceptors (Lipinski definition) is 7. The molecule has 0 spiro atoms. The van der Waals surface area contributed by atoms with Crippen LogP contribution in [0.3, 0.4) is 0 Å². The van der Waals surface area contributed by atoms with Crippen LogP contribution in [0.25, 0.3) is 6.08 Å². The zero-order valence-corrected chi connectivity index (χ0v) is 23.6. The Kier molecular flexibility index (Phi) is 8.78. The number of imide groups is 1. The van der Waals surface area contributed by atoms with Gasteiger partial charge in [-0.05, 0) is 94.9 Å². The van der Waals surface area contributed by atoms with E-state index in [2.05, 4.69) is 0 Å². The number of thioether (sulfide) groups is 1. The average Bonchev–Trinajstić information content (AvgIpc) is 3.13. The lowest BCUT2D eigenvalue weighted by Gasteiger charge is -2.14. The van der Waals surface area contributed by atoms with Gasteiger partial charge in [0.2, 0.25) is 0 Å². The summed E-state index contributed by atoms with van der Waals surface area (Å²) >= 11 is 8.99. The molecule has 3 aromatic carbocycles. The maximum atomic E-state index is 12.9. The molecule has 0 bridgehead atoms. The number of esters is 1. The molecule has 3 aromatic rings. The summed E-state index contributed by atoms with van der Waals surface area (Å²) < 4.78 is 17.3. The fraction of sp³-hybridized carbons (Fsp3) is 0.148. The van der Waals surface area contributed by atoms with Crippen molar-refractivity contribution in [3.63, 3.8) is 0 Å². The van der Waals surface area contributed by atoms with Gasteiger partial charge in [-0.2, -0.15) is 0 Å². The SMILES string of the molecule is COc1cc(/C=C2\SC(=O)N(CCOc3cccc(C)c3)C2=O)cc(I)c1OC(=O)c1ccccc1Cl. The van der Waals surface area contributed by atoms with Crippen LogP contribution in [0.4, 0.5) is 4.79 Å². The first-order chi connectivity index (χ1) is 17.8. The summed E-state index contributed by atoms with van der Waals surface area (Å²) in [5, 5.41) is -0.0888. The molecule has 1 saturated heterocycles. The van der Waals surface area contributed by atoms with Crippen LogP contribution in [-0.4, -0.2) is 42.3 Å². The number of hydrogen-bond donors (Lipinski definition) is 0. The van der Waals surface area contributed by atoms with E-state index in [0.717, 1.165) is 22.2 Å². The summed E-state index contributed by atoms with van der Waals surface area (Å²) in [5.41, 5.74) is 1.90. The number of ether oxygens (including phenoxy) is 3. The van der Waals surface area contributed by atoms with Crippen LogP contribution in [0.15, 0.2) is 65.6 Å². The van der Waals surface area contributed by atoms with Gasteiger partial charge in [0.05, 0.1) is 32.7 Å². The van der Waals surface area contributed by atoms with E-state index in [1.807, 2.05) is 53.8 Å². The summed E-state index contributed by atoms with van der Waals surface area (Å²) in [6, 6.07) is 17.5. The highest BCUT2D eigenvalue weighted by atomic mass is 127. The summed E-state index contributed by atoms with van der Waals surface area (Å²) in [6.07, 6.45) is 1.61. The number of aryl methyl sites for hydroxylation is 1. The Balaban J connectivity index is 1.48. The highest BCUT2D eigenvalue weighted by molar-refractivity contribution is 14.1. The van der Waals surface area contributed by atoms with Gasteiger partial charge >= 0.3 is 5.97 Å². The smallest absolute Gasteiger partial charge is 0.345 e. The van der Waals surface area contributed by atoms with E-state index in [-0.39, 0.29) is 39.6 Å². The lowest BCUT2D eigenvalue weighted by Crippen LogP contribution is -2.32. The molecule has 0 saturated carbocycles. The van der Waals surface area contributed by atoms with Gasteiger partial charge in [-0.15, -0.1) is 0 Å². The maximum absolute atomic E-state index is 12.9. The second-order valence-corrected chi connectivity index (χ2v) is 10.5. The number of amides is 2. The molecule has 4 rings (SSSR count). The maximum Gasteiger partial charge on any atom is 0.345 e. The van der Waals surface area contributed by atoms with Crippen LogP contribution in [0.5, 0.6) is 17.2 Å². The van der Waals surface area contributed by atoms with E-state index in [4.69, 9.17) is 25.8 Å². The topological polar surface area (TPSA) is 82.1 Å². The van der Waals surface area contributed by atoms with E-state index >= 15 is 0 Å². The third-order valence-electron chi connectivity index (χ3n) is 5.28. The molecule has 37 heavy (non-hydrogen) atoms. The van der Waals surface area contributed by atoms with E-state index < -0.39 is 11.9 Å². The number of halogens is 2. The Morgan fingerprint density at radius 1 is 1.11 bits per heavy atom. The normalized spacial score (nSPS) is 14.3. The van der Waals surface area contributed by atoms with Gasteiger partial charge in [-0.1, -0.05) is 35.9 Å².